The van der Waals surface area contributed by atoms with Crippen molar-refractivity contribution in [3.63, 3.8) is 0 Å². The van der Waals surface area contributed by atoms with Gasteiger partial charge in [0.1, 0.15) is 5.75 Å². The predicted molar refractivity (Wildman–Crippen MR) is 89.5 cm³/mol. The standard InChI is InChI=1S/C18H23N3O2/c1-20-10-13(15-9-14(23-2)3-4-16(15)20)11-21-8-7-18(12-21)6-5-17(22)19-18/h3-4,9-10H,5-8,11-12H2,1-2H3,(H,19,22). The summed E-state index contributed by atoms with van der Waals surface area (Å²) in [7, 11) is 3.79. The Morgan fingerprint density at radius 3 is 2.96 bits per heavy atom. The molecule has 5 nitrogen and oxygen atoms in total. The number of carbonyl (C=O) groups excluding carboxylic acids is 1. The number of nitrogens with one attached hydrogen (secondary N) is 1. The number of nitrogens with zero attached hydrogens (tertiary/aromatic N) is 2. The Morgan fingerprint density at radius 1 is 1.35 bits per heavy atom. The van der Waals surface area contributed by atoms with Gasteiger partial charge in [-0.2, -0.15) is 0 Å². The zero-order chi connectivity index (χ0) is 16.0. The van der Waals surface area contributed by atoms with E-state index in [4.69, 9.17) is 4.74 Å². The molecule has 23 heavy (non-hydrogen) atoms. The molecule has 3 heterocycles. The fraction of sp³-hybridized carbons (Fsp3) is 0.500. The van der Waals surface area contributed by atoms with Gasteiger partial charge in [-0.05, 0) is 36.6 Å². The monoisotopic (exact) mass is 313 g/mol. The van der Waals surface area contributed by atoms with Crippen molar-refractivity contribution in [1.82, 2.24) is 14.8 Å². The number of ether oxygens (including phenoxy) is 1. The van der Waals surface area contributed by atoms with Crippen LogP contribution in [0.25, 0.3) is 10.9 Å². The van der Waals surface area contributed by atoms with Crippen molar-refractivity contribution in [3.05, 3.63) is 30.0 Å². The number of fused-ring (bicyclic) bond motifs is 1. The van der Waals surface area contributed by atoms with Gasteiger partial charge in [-0.15, -0.1) is 0 Å². The Morgan fingerprint density at radius 2 is 2.22 bits per heavy atom. The number of hydrogen-bond donors (Lipinski definition) is 1. The smallest absolute Gasteiger partial charge is 0.220 e. The maximum absolute atomic E-state index is 11.6. The van der Waals surface area contributed by atoms with Gasteiger partial charge < -0.3 is 14.6 Å². The third-order valence-electron chi connectivity index (χ3n) is 5.34. The maximum Gasteiger partial charge on any atom is 0.220 e. The highest BCUT2D eigenvalue weighted by atomic mass is 16.5. The average molecular weight is 313 g/mol. The molecule has 2 aromatic rings. The minimum atomic E-state index is 0.0271. The molecule has 1 amide bonds. The molecule has 122 valence electrons. The second-order valence-electron chi connectivity index (χ2n) is 6.94. The lowest BCUT2D eigenvalue weighted by Crippen LogP contribution is -2.43. The van der Waals surface area contributed by atoms with E-state index in [0.29, 0.717) is 6.42 Å². The van der Waals surface area contributed by atoms with Crippen molar-refractivity contribution in [2.75, 3.05) is 20.2 Å². The Bertz CT molecular complexity index is 767. The molecule has 0 aliphatic carbocycles. The van der Waals surface area contributed by atoms with Crippen LogP contribution in [0.1, 0.15) is 24.8 Å². The molecule has 2 fully saturated rings. The van der Waals surface area contributed by atoms with E-state index in [1.807, 2.05) is 6.07 Å². The predicted octanol–water partition coefficient (Wildman–Crippen LogP) is 2.04. The molecular weight excluding hydrogens is 290 g/mol. The van der Waals surface area contributed by atoms with Crippen molar-refractivity contribution < 1.29 is 9.53 Å². The summed E-state index contributed by atoms with van der Waals surface area (Å²) in [6.45, 7) is 2.92. The number of aromatic nitrogens is 1. The Labute approximate surface area is 136 Å². The van der Waals surface area contributed by atoms with Crippen LogP contribution in [0.3, 0.4) is 0 Å². The van der Waals surface area contributed by atoms with Gasteiger partial charge in [-0.1, -0.05) is 0 Å². The molecule has 1 unspecified atom stereocenters. The van der Waals surface area contributed by atoms with Crippen LogP contribution in [-0.2, 0) is 18.4 Å². The molecular formula is C18H23N3O2. The quantitative estimate of drug-likeness (QED) is 0.943. The summed E-state index contributed by atoms with van der Waals surface area (Å²) in [6.07, 6.45) is 4.93. The van der Waals surface area contributed by atoms with Crippen molar-refractivity contribution in [1.29, 1.82) is 0 Å². The highest BCUT2D eigenvalue weighted by Gasteiger charge is 2.43. The van der Waals surface area contributed by atoms with Crippen molar-refractivity contribution in [2.24, 2.45) is 7.05 Å². The van der Waals surface area contributed by atoms with Crippen molar-refractivity contribution >= 4 is 16.8 Å². The van der Waals surface area contributed by atoms with E-state index in [0.717, 1.165) is 38.2 Å². The summed E-state index contributed by atoms with van der Waals surface area (Å²) in [5, 5.41) is 4.45. The lowest BCUT2D eigenvalue weighted by molar-refractivity contribution is -0.119. The van der Waals surface area contributed by atoms with E-state index >= 15 is 0 Å². The van der Waals surface area contributed by atoms with Crippen LogP contribution >= 0.6 is 0 Å². The molecule has 2 aliphatic heterocycles. The number of likely N-dealkylation sites (tertiary alicyclic amines) is 1. The first-order valence-electron chi connectivity index (χ1n) is 8.24. The minimum Gasteiger partial charge on any atom is -0.497 e. The summed E-state index contributed by atoms with van der Waals surface area (Å²) < 4.78 is 7.55. The van der Waals surface area contributed by atoms with E-state index < -0.39 is 0 Å². The average Bonchev–Trinajstić information content (AvgIpc) is 3.20. The van der Waals surface area contributed by atoms with E-state index in [-0.39, 0.29) is 11.4 Å². The molecule has 1 aromatic heterocycles. The van der Waals surface area contributed by atoms with Gasteiger partial charge in [0.15, 0.2) is 0 Å². The molecule has 0 radical (unpaired) electrons. The van der Waals surface area contributed by atoms with Gasteiger partial charge in [0.25, 0.3) is 0 Å². The molecule has 4 rings (SSSR count). The lowest BCUT2D eigenvalue weighted by Gasteiger charge is -2.23. The number of hydrogen-bond acceptors (Lipinski definition) is 3. The summed E-state index contributed by atoms with van der Waals surface area (Å²) in [5.74, 6) is 1.10. The summed E-state index contributed by atoms with van der Waals surface area (Å²) in [4.78, 5) is 14.0. The molecule has 1 N–H and O–H groups in total. The zero-order valence-corrected chi connectivity index (χ0v) is 13.8. The maximum atomic E-state index is 11.6. The summed E-state index contributed by atoms with van der Waals surface area (Å²) in [5.41, 5.74) is 2.57. The molecule has 0 saturated carbocycles. The normalized spacial score (nSPS) is 24.7. The molecule has 2 aliphatic rings. The number of benzene rings is 1. The highest BCUT2D eigenvalue weighted by Crippen LogP contribution is 2.33. The number of amides is 1. The van der Waals surface area contributed by atoms with E-state index in [1.165, 1.54) is 16.5 Å². The number of aryl methyl sites for hydroxylation is 1. The fourth-order valence-corrected chi connectivity index (χ4v) is 4.12. The molecule has 5 heteroatoms. The number of rotatable bonds is 3. The second kappa shape index (κ2) is 5.27. The van der Waals surface area contributed by atoms with Crippen molar-refractivity contribution in [2.45, 2.75) is 31.3 Å². The number of carbonyl (C=O) groups is 1. The first-order chi connectivity index (χ1) is 11.1. The largest absolute Gasteiger partial charge is 0.497 e. The summed E-state index contributed by atoms with van der Waals surface area (Å²) in [6, 6.07) is 6.24. The van der Waals surface area contributed by atoms with Crippen molar-refractivity contribution in [3.8, 4) is 5.75 Å². The van der Waals surface area contributed by atoms with Crippen LogP contribution in [0, 0.1) is 0 Å². The van der Waals surface area contributed by atoms with Crippen LogP contribution < -0.4 is 10.1 Å². The fourth-order valence-electron chi connectivity index (χ4n) is 4.12. The van der Waals surface area contributed by atoms with Crippen LogP contribution in [-0.4, -0.2) is 41.1 Å². The summed E-state index contributed by atoms with van der Waals surface area (Å²) >= 11 is 0. The van der Waals surface area contributed by atoms with Gasteiger partial charge >= 0.3 is 0 Å². The Hall–Kier alpha value is -2.01. The first kappa shape index (κ1) is 14.6. The lowest BCUT2D eigenvalue weighted by atomic mass is 9.97. The van der Waals surface area contributed by atoms with Gasteiger partial charge in [-0.3, -0.25) is 9.69 Å². The SMILES string of the molecule is COc1ccc2c(c1)c(CN1CCC3(CCC(=O)N3)C1)cn2C. The van der Waals surface area contributed by atoms with Crippen LogP contribution in [0.15, 0.2) is 24.4 Å². The van der Waals surface area contributed by atoms with E-state index in [2.05, 4.69) is 40.2 Å². The van der Waals surface area contributed by atoms with E-state index in [1.54, 1.807) is 7.11 Å². The van der Waals surface area contributed by atoms with Crippen LogP contribution in [0.5, 0.6) is 5.75 Å². The van der Waals surface area contributed by atoms with E-state index in [9.17, 15) is 4.79 Å². The first-order valence-corrected chi connectivity index (χ1v) is 8.24. The zero-order valence-electron chi connectivity index (χ0n) is 13.8. The van der Waals surface area contributed by atoms with Gasteiger partial charge in [0.2, 0.25) is 5.91 Å². The topological polar surface area (TPSA) is 46.5 Å². The number of methoxy groups -OCH3 is 1. The third kappa shape index (κ3) is 2.49. The Kier molecular flexibility index (Phi) is 3.34. The second-order valence-corrected chi connectivity index (χ2v) is 6.94. The molecule has 2 saturated heterocycles. The molecule has 1 atom stereocenters. The van der Waals surface area contributed by atoms with Gasteiger partial charge in [0.05, 0.1) is 12.6 Å². The molecule has 1 spiro atoms. The van der Waals surface area contributed by atoms with Gasteiger partial charge in [-0.25, -0.2) is 0 Å². The highest BCUT2D eigenvalue weighted by molar-refractivity contribution is 5.85. The molecule has 1 aromatic carbocycles. The Balaban J connectivity index is 1.57. The van der Waals surface area contributed by atoms with Gasteiger partial charge in [0, 0.05) is 50.2 Å². The van der Waals surface area contributed by atoms with Crippen LogP contribution in [0.2, 0.25) is 0 Å². The van der Waals surface area contributed by atoms with Crippen LogP contribution in [0.4, 0.5) is 0 Å². The molecule has 0 bridgehead atoms. The third-order valence-corrected chi connectivity index (χ3v) is 5.34. The minimum absolute atomic E-state index is 0.0271.